The van der Waals surface area contributed by atoms with Crippen LogP contribution in [0.4, 0.5) is 10.1 Å². The molecule has 0 radical (unpaired) electrons. The number of anilines is 1. The molecule has 7 unspecified atom stereocenters. The summed E-state index contributed by atoms with van der Waals surface area (Å²) < 4.78 is 13.2. The van der Waals surface area contributed by atoms with Crippen molar-refractivity contribution >= 4 is 58.1 Å². The number of benzene rings is 2. The maximum atomic E-state index is 13.7. The first kappa shape index (κ1) is 25.0. The van der Waals surface area contributed by atoms with E-state index in [-0.39, 0.29) is 64.5 Å². The largest absolute Gasteiger partial charge is 0.326 e. The van der Waals surface area contributed by atoms with Crippen molar-refractivity contribution < 1.29 is 18.8 Å². The topological polar surface area (TPSA) is 99.3 Å². The zero-order valence-corrected chi connectivity index (χ0v) is 22.8. The minimum atomic E-state index is -0.406. The molecular weight excluding hydrogens is 561 g/mol. The molecule has 7 rings (SSSR count). The van der Waals surface area contributed by atoms with Crippen LogP contribution < -0.4 is 10.2 Å². The Morgan fingerprint density at radius 2 is 1.72 bits per heavy atom. The Labute approximate surface area is 236 Å². The summed E-state index contributed by atoms with van der Waals surface area (Å²) in [4.78, 5) is 57.2. The lowest BCUT2D eigenvalue weighted by Gasteiger charge is -2.43. The van der Waals surface area contributed by atoms with E-state index in [0.29, 0.717) is 10.7 Å². The molecule has 200 valence electrons. The Kier molecular flexibility index (Phi) is 5.98. The molecule has 39 heavy (non-hydrogen) atoms. The number of aromatic amines is 1. The van der Waals surface area contributed by atoms with E-state index in [4.69, 9.17) is 11.6 Å². The number of H-pyrrole nitrogens is 1. The maximum absolute atomic E-state index is 13.7. The van der Waals surface area contributed by atoms with Crippen molar-refractivity contribution in [3.63, 3.8) is 0 Å². The summed E-state index contributed by atoms with van der Waals surface area (Å²) in [5.74, 6) is -1.85. The first-order chi connectivity index (χ1) is 18.8. The van der Waals surface area contributed by atoms with Gasteiger partial charge in [0.05, 0.1) is 16.9 Å². The number of hydrogen-bond acceptors (Lipinski definition) is 6. The molecule has 7 atom stereocenters. The number of fused-ring (bicyclic) bond motifs is 9. The van der Waals surface area contributed by atoms with Crippen LogP contribution in [0.1, 0.15) is 29.2 Å². The lowest BCUT2D eigenvalue weighted by atomic mass is 9.68. The molecule has 1 saturated heterocycles. The van der Waals surface area contributed by atoms with Crippen LogP contribution in [0.5, 0.6) is 0 Å². The first-order valence-electron chi connectivity index (χ1n) is 12.9. The molecule has 4 aliphatic rings. The summed E-state index contributed by atoms with van der Waals surface area (Å²) in [5, 5.41) is 4.29. The molecule has 3 fully saturated rings. The third-order valence-corrected chi connectivity index (χ3v) is 11.6. The fourth-order valence-corrected chi connectivity index (χ4v) is 10.3. The summed E-state index contributed by atoms with van der Waals surface area (Å²) >= 11 is 9.03. The van der Waals surface area contributed by atoms with Crippen molar-refractivity contribution in [1.82, 2.24) is 9.88 Å². The average Bonchev–Trinajstić information content (AvgIpc) is 3.64. The highest BCUT2D eigenvalue weighted by atomic mass is 35.5. The molecule has 7 nitrogen and oxygen atoms in total. The minimum absolute atomic E-state index is 0.0121. The van der Waals surface area contributed by atoms with Gasteiger partial charge in [-0.3, -0.25) is 24.1 Å². The first-order valence-corrected chi connectivity index (χ1v) is 14.9. The van der Waals surface area contributed by atoms with Crippen LogP contribution in [0.3, 0.4) is 0 Å². The van der Waals surface area contributed by atoms with Gasteiger partial charge in [-0.1, -0.05) is 35.1 Å². The molecular formula is C28H23ClFN3O4S2. The number of rotatable bonds is 5. The summed E-state index contributed by atoms with van der Waals surface area (Å²) in [6.45, 7) is 0.0148. The number of carbonyl (C=O) groups excluding carboxylic acids is 3. The van der Waals surface area contributed by atoms with Crippen LogP contribution in [-0.4, -0.2) is 39.4 Å². The number of thioether (sulfide) groups is 1. The van der Waals surface area contributed by atoms with E-state index < -0.39 is 17.7 Å². The number of aromatic nitrogens is 1. The molecule has 2 bridgehead atoms. The van der Waals surface area contributed by atoms with Gasteiger partial charge in [0.25, 0.3) is 0 Å². The van der Waals surface area contributed by atoms with Crippen LogP contribution in [0.25, 0.3) is 0 Å². The summed E-state index contributed by atoms with van der Waals surface area (Å²) in [6, 6.07) is 13.1. The fraction of sp³-hybridized carbons (Fsp3) is 0.357. The number of halogens is 2. The molecule has 2 aliphatic heterocycles. The predicted molar refractivity (Wildman–Crippen MR) is 146 cm³/mol. The third-order valence-electron chi connectivity index (χ3n) is 8.73. The number of imide groups is 1. The van der Waals surface area contributed by atoms with E-state index in [0.717, 1.165) is 21.9 Å². The second-order valence-corrected chi connectivity index (χ2v) is 13.3. The van der Waals surface area contributed by atoms with E-state index in [1.54, 1.807) is 11.8 Å². The minimum Gasteiger partial charge on any atom is -0.326 e. The molecule has 0 spiro atoms. The molecule has 3 aromatic rings. The smallest absolute Gasteiger partial charge is 0.305 e. The van der Waals surface area contributed by atoms with Gasteiger partial charge in [-0.2, -0.15) is 0 Å². The van der Waals surface area contributed by atoms with Gasteiger partial charge < -0.3 is 10.3 Å². The molecule has 2 N–H and O–H groups in total. The summed E-state index contributed by atoms with van der Waals surface area (Å²) in [5.41, 5.74) is 1.51. The highest BCUT2D eigenvalue weighted by molar-refractivity contribution is 8.00. The Balaban J connectivity index is 1.14. The Morgan fingerprint density at radius 3 is 2.44 bits per heavy atom. The van der Waals surface area contributed by atoms with E-state index in [2.05, 4.69) is 10.3 Å². The molecule has 2 aromatic carbocycles. The van der Waals surface area contributed by atoms with Crippen molar-refractivity contribution in [2.24, 2.45) is 29.6 Å². The lowest BCUT2D eigenvalue weighted by molar-refractivity contribution is -0.141. The number of hydrogen-bond donors (Lipinski definition) is 2. The number of carbonyl (C=O) groups is 3. The summed E-state index contributed by atoms with van der Waals surface area (Å²) in [7, 11) is 0. The molecule has 3 heterocycles. The summed E-state index contributed by atoms with van der Waals surface area (Å²) in [6.07, 6.45) is 0.772. The molecule has 2 aliphatic carbocycles. The van der Waals surface area contributed by atoms with Gasteiger partial charge in [0.1, 0.15) is 5.82 Å². The van der Waals surface area contributed by atoms with Gasteiger partial charge in [-0.15, -0.1) is 11.8 Å². The second kappa shape index (κ2) is 9.31. The van der Waals surface area contributed by atoms with Gasteiger partial charge in [-0.25, -0.2) is 4.39 Å². The standard InChI is InChI=1S/C28H23ClFN3O4S2/c29-13-3-1-12(2-4-13)19-20-16-11-17(23(20)38-25-24(19)39-28(37)32-25)22-21(16)26(35)33(27(22)36)10-9-18(34)31-15-7-5-14(30)6-8-15/h1-8,16-17,19-23H,9-11H2,(H,31,34)(H,32,37). The van der Waals surface area contributed by atoms with Crippen LogP contribution in [0.2, 0.25) is 5.02 Å². The van der Waals surface area contributed by atoms with E-state index in [9.17, 15) is 23.6 Å². The molecule has 11 heteroatoms. The van der Waals surface area contributed by atoms with Crippen LogP contribution >= 0.6 is 34.7 Å². The Bertz CT molecular complexity index is 1560. The van der Waals surface area contributed by atoms with Gasteiger partial charge in [0.15, 0.2) is 0 Å². The van der Waals surface area contributed by atoms with Crippen molar-refractivity contribution in [2.45, 2.75) is 29.0 Å². The third kappa shape index (κ3) is 3.98. The van der Waals surface area contributed by atoms with Gasteiger partial charge >= 0.3 is 4.87 Å². The van der Waals surface area contributed by atoms with Gasteiger partial charge in [0, 0.05) is 39.7 Å². The van der Waals surface area contributed by atoms with Crippen molar-refractivity contribution in [3.8, 4) is 0 Å². The van der Waals surface area contributed by atoms with Gasteiger partial charge in [0.2, 0.25) is 17.7 Å². The number of nitrogens with one attached hydrogen (secondary N) is 2. The average molecular weight is 584 g/mol. The van der Waals surface area contributed by atoms with Crippen LogP contribution in [0.15, 0.2) is 58.4 Å². The zero-order valence-electron chi connectivity index (χ0n) is 20.4. The van der Waals surface area contributed by atoms with Crippen molar-refractivity contribution in [2.75, 3.05) is 11.9 Å². The maximum Gasteiger partial charge on any atom is 0.305 e. The lowest BCUT2D eigenvalue weighted by Crippen LogP contribution is -2.42. The highest BCUT2D eigenvalue weighted by Gasteiger charge is 2.69. The predicted octanol–water partition coefficient (Wildman–Crippen LogP) is 4.73. The van der Waals surface area contributed by atoms with Crippen LogP contribution in [0, 0.1) is 35.4 Å². The molecule has 2 saturated carbocycles. The number of thiazole rings is 1. The fourth-order valence-electron chi connectivity index (χ4n) is 7.31. The highest BCUT2D eigenvalue weighted by Crippen LogP contribution is 2.68. The number of likely N-dealkylation sites (tertiary alicyclic amines) is 1. The van der Waals surface area contributed by atoms with Gasteiger partial charge in [-0.05, 0) is 66.1 Å². The van der Waals surface area contributed by atoms with E-state index in [1.807, 2.05) is 24.3 Å². The number of nitrogens with zero attached hydrogens (tertiary/aromatic N) is 1. The second-order valence-electron chi connectivity index (χ2n) is 10.6. The van der Waals surface area contributed by atoms with E-state index in [1.165, 1.54) is 40.5 Å². The Morgan fingerprint density at radius 1 is 1.03 bits per heavy atom. The molecule has 3 amide bonds. The molecule has 1 aromatic heterocycles. The van der Waals surface area contributed by atoms with E-state index >= 15 is 0 Å². The van der Waals surface area contributed by atoms with Crippen molar-refractivity contribution in [1.29, 1.82) is 0 Å². The SMILES string of the molecule is O=C(CCN1C(=O)C2C3CC(C2C1=O)C1C(c2ccc(Cl)cc2)c2sc(=O)[nH]c2SC31)Nc1ccc(F)cc1. The monoisotopic (exact) mass is 583 g/mol. The number of amides is 3. The Hall–Kier alpha value is -2.95. The normalized spacial score (nSPS) is 30.3. The van der Waals surface area contributed by atoms with Crippen molar-refractivity contribution in [3.05, 3.63) is 79.5 Å². The van der Waals surface area contributed by atoms with Crippen LogP contribution in [-0.2, 0) is 14.4 Å². The quantitative estimate of drug-likeness (QED) is 0.423. The zero-order chi connectivity index (χ0) is 27.0.